The number of rotatable bonds is 5. The highest BCUT2D eigenvalue weighted by Gasteiger charge is 2.51. The summed E-state index contributed by atoms with van der Waals surface area (Å²) in [6.07, 6.45) is 11.9. The Balaban J connectivity index is 1.23. The number of methoxy groups -OCH3 is 1. The molecule has 4 fully saturated rings. The van der Waals surface area contributed by atoms with E-state index in [2.05, 4.69) is 29.6 Å². The number of carbonyl (C=O) groups excluding carboxylic acids is 1. The van der Waals surface area contributed by atoms with E-state index in [9.17, 15) is 4.79 Å². The highest BCUT2D eigenvalue weighted by molar-refractivity contribution is 6.01. The summed E-state index contributed by atoms with van der Waals surface area (Å²) in [6.45, 7) is 0. The van der Waals surface area contributed by atoms with Crippen LogP contribution in [0.25, 0.3) is 6.08 Å². The molecule has 4 aliphatic carbocycles. The fourth-order valence-electron chi connectivity index (χ4n) is 6.44. The van der Waals surface area contributed by atoms with E-state index in [1.54, 1.807) is 13.2 Å². The predicted octanol–water partition coefficient (Wildman–Crippen LogP) is 5.81. The van der Waals surface area contributed by atoms with Gasteiger partial charge in [-0.05, 0) is 103 Å². The van der Waals surface area contributed by atoms with Crippen LogP contribution in [0.15, 0.2) is 54.6 Å². The molecule has 0 unspecified atom stereocenters. The number of hydrogen-bond acceptors (Lipinski definition) is 2. The van der Waals surface area contributed by atoms with Crippen molar-refractivity contribution in [3.8, 4) is 5.75 Å². The van der Waals surface area contributed by atoms with Crippen LogP contribution < -0.4 is 10.1 Å². The lowest BCUT2D eigenvalue weighted by Crippen LogP contribution is -2.48. The molecule has 2 aromatic rings. The van der Waals surface area contributed by atoms with Gasteiger partial charge < -0.3 is 10.1 Å². The number of nitrogens with one attached hydrogen (secondary N) is 1. The van der Waals surface area contributed by atoms with Crippen molar-refractivity contribution in [3.05, 3.63) is 65.7 Å². The number of amides is 1. The quantitative estimate of drug-likeness (QED) is 0.657. The molecule has 0 saturated heterocycles. The zero-order valence-electron chi connectivity index (χ0n) is 17.1. The first-order valence-corrected chi connectivity index (χ1v) is 10.9. The molecule has 6 rings (SSSR count). The molecule has 0 heterocycles. The molecule has 2 aromatic carbocycles. The Morgan fingerprint density at radius 2 is 1.52 bits per heavy atom. The van der Waals surface area contributed by atoms with Gasteiger partial charge in [-0.2, -0.15) is 0 Å². The van der Waals surface area contributed by atoms with Crippen LogP contribution in [0.5, 0.6) is 5.75 Å². The van der Waals surface area contributed by atoms with Crippen molar-refractivity contribution in [2.24, 2.45) is 17.8 Å². The van der Waals surface area contributed by atoms with Crippen molar-refractivity contribution in [2.75, 3.05) is 12.4 Å². The maximum absolute atomic E-state index is 12.3. The van der Waals surface area contributed by atoms with Crippen LogP contribution in [0.4, 0.5) is 5.69 Å². The lowest BCUT2D eigenvalue weighted by atomic mass is 9.48. The van der Waals surface area contributed by atoms with Gasteiger partial charge in [-0.1, -0.05) is 24.3 Å². The molecule has 4 saturated carbocycles. The van der Waals surface area contributed by atoms with Crippen LogP contribution in [0.3, 0.4) is 0 Å². The van der Waals surface area contributed by atoms with E-state index in [0.717, 1.165) is 34.8 Å². The number of hydrogen-bond donors (Lipinski definition) is 1. The summed E-state index contributed by atoms with van der Waals surface area (Å²) in [5, 5.41) is 2.99. The SMILES string of the molecule is COc1ccc(C=CC(=O)Nc2ccc(C34CC5CC(CC(C5)C3)C4)cc2)cc1. The fraction of sp³-hybridized carbons (Fsp3) is 0.423. The Morgan fingerprint density at radius 3 is 2.07 bits per heavy atom. The van der Waals surface area contributed by atoms with Gasteiger partial charge in [0.25, 0.3) is 0 Å². The Labute approximate surface area is 173 Å². The van der Waals surface area contributed by atoms with Crippen molar-refractivity contribution >= 4 is 17.7 Å². The van der Waals surface area contributed by atoms with Gasteiger partial charge in [0, 0.05) is 11.8 Å². The van der Waals surface area contributed by atoms with E-state index >= 15 is 0 Å². The Bertz CT molecular complexity index is 875. The third-order valence-electron chi connectivity index (χ3n) is 7.35. The second-order valence-corrected chi connectivity index (χ2v) is 9.37. The average molecular weight is 388 g/mol. The molecule has 150 valence electrons. The molecule has 0 spiro atoms. The molecule has 4 aliphatic rings. The van der Waals surface area contributed by atoms with Crippen molar-refractivity contribution in [3.63, 3.8) is 0 Å². The highest BCUT2D eigenvalue weighted by Crippen LogP contribution is 2.60. The van der Waals surface area contributed by atoms with Crippen LogP contribution in [-0.2, 0) is 10.2 Å². The predicted molar refractivity (Wildman–Crippen MR) is 117 cm³/mol. The summed E-state index contributed by atoms with van der Waals surface area (Å²) < 4.78 is 5.16. The minimum atomic E-state index is -0.108. The lowest BCUT2D eigenvalue weighted by Gasteiger charge is -2.57. The second-order valence-electron chi connectivity index (χ2n) is 9.37. The monoisotopic (exact) mass is 387 g/mol. The lowest BCUT2D eigenvalue weighted by molar-refractivity contribution is -0.111. The van der Waals surface area contributed by atoms with Gasteiger partial charge in [0.15, 0.2) is 0 Å². The van der Waals surface area contributed by atoms with Gasteiger partial charge in [-0.15, -0.1) is 0 Å². The van der Waals surface area contributed by atoms with Gasteiger partial charge in [-0.3, -0.25) is 4.79 Å². The van der Waals surface area contributed by atoms with Crippen molar-refractivity contribution in [1.29, 1.82) is 0 Å². The van der Waals surface area contributed by atoms with Crippen LogP contribution in [0, 0.1) is 17.8 Å². The van der Waals surface area contributed by atoms with E-state index in [4.69, 9.17) is 4.74 Å². The molecule has 4 bridgehead atoms. The minimum absolute atomic E-state index is 0.108. The molecule has 3 heteroatoms. The first kappa shape index (κ1) is 18.5. The first-order valence-electron chi connectivity index (χ1n) is 10.9. The average Bonchev–Trinajstić information content (AvgIpc) is 2.72. The Kier molecular flexibility index (Phi) is 4.69. The summed E-state index contributed by atoms with van der Waals surface area (Å²) in [7, 11) is 1.65. The zero-order valence-corrected chi connectivity index (χ0v) is 17.1. The second kappa shape index (κ2) is 7.37. The summed E-state index contributed by atoms with van der Waals surface area (Å²) >= 11 is 0. The maximum atomic E-state index is 12.3. The van der Waals surface area contributed by atoms with Gasteiger partial charge in [0.2, 0.25) is 5.91 Å². The van der Waals surface area contributed by atoms with Crippen LogP contribution >= 0.6 is 0 Å². The van der Waals surface area contributed by atoms with Crippen molar-refractivity contribution < 1.29 is 9.53 Å². The summed E-state index contributed by atoms with van der Waals surface area (Å²) in [5.41, 5.74) is 3.73. The Morgan fingerprint density at radius 1 is 0.931 bits per heavy atom. The first-order chi connectivity index (χ1) is 14.1. The largest absolute Gasteiger partial charge is 0.497 e. The molecule has 3 nitrogen and oxygen atoms in total. The van der Waals surface area contributed by atoms with E-state index in [1.807, 2.05) is 30.3 Å². The van der Waals surface area contributed by atoms with Gasteiger partial charge >= 0.3 is 0 Å². The molecular formula is C26H29NO2. The molecular weight excluding hydrogens is 358 g/mol. The maximum Gasteiger partial charge on any atom is 0.248 e. The molecule has 0 aromatic heterocycles. The van der Waals surface area contributed by atoms with Gasteiger partial charge in [-0.25, -0.2) is 0 Å². The minimum Gasteiger partial charge on any atom is -0.497 e. The highest BCUT2D eigenvalue weighted by atomic mass is 16.5. The van der Waals surface area contributed by atoms with Gasteiger partial charge in [0.1, 0.15) is 5.75 Å². The molecule has 0 aliphatic heterocycles. The van der Waals surface area contributed by atoms with Crippen LogP contribution in [-0.4, -0.2) is 13.0 Å². The van der Waals surface area contributed by atoms with Crippen molar-refractivity contribution in [1.82, 2.24) is 0 Å². The number of benzene rings is 2. The molecule has 0 radical (unpaired) electrons. The number of anilines is 1. The summed E-state index contributed by atoms with van der Waals surface area (Å²) in [4.78, 5) is 12.3. The standard InChI is InChI=1S/C26H29NO2/c1-29-24-9-2-18(3-10-24)4-11-25(28)27-23-7-5-22(6-8-23)26-15-19-12-20(16-26)14-21(13-19)17-26/h2-11,19-21H,12-17H2,1H3,(H,27,28). The number of carbonyl (C=O) groups is 1. The summed E-state index contributed by atoms with van der Waals surface area (Å²) in [6, 6.07) is 16.3. The normalized spacial score (nSPS) is 29.9. The topological polar surface area (TPSA) is 38.3 Å². The molecule has 29 heavy (non-hydrogen) atoms. The van der Waals surface area contributed by atoms with E-state index in [0.29, 0.717) is 5.41 Å². The van der Waals surface area contributed by atoms with E-state index in [-0.39, 0.29) is 5.91 Å². The third-order valence-corrected chi connectivity index (χ3v) is 7.35. The van der Waals surface area contributed by atoms with Crippen molar-refractivity contribution in [2.45, 2.75) is 43.9 Å². The smallest absolute Gasteiger partial charge is 0.248 e. The van der Waals surface area contributed by atoms with E-state index < -0.39 is 0 Å². The summed E-state index contributed by atoms with van der Waals surface area (Å²) in [5.74, 6) is 3.55. The number of ether oxygens (including phenoxy) is 1. The van der Waals surface area contributed by atoms with Crippen LogP contribution in [0.1, 0.15) is 49.7 Å². The third kappa shape index (κ3) is 3.71. The van der Waals surface area contributed by atoms with E-state index in [1.165, 1.54) is 44.1 Å². The fourth-order valence-corrected chi connectivity index (χ4v) is 6.44. The van der Waals surface area contributed by atoms with Gasteiger partial charge in [0.05, 0.1) is 7.11 Å². The van der Waals surface area contributed by atoms with Crippen LogP contribution in [0.2, 0.25) is 0 Å². The molecule has 1 N–H and O–H groups in total. The zero-order chi connectivity index (χ0) is 19.8. The Hall–Kier alpha value is -2.55. The molecule has 0 atom stereocenters. The molecule has 1 amide bonds.